The number of carbonyl (C=O) groups excluding carboxylic acids is 1. The van der Waals surface area contributed by atoms with Crippen LogP contribution < -0.4 is 5.56 Å². The summed E-state index contributed by atoms with van der Waals surface area (Å²) in [5.74, 6) is -1.83. The van der Waals surface area contributed by atoms with E-state index in [4.69, 9.17) is 28.3 Å². The normalized spacial score (nSPS) is 18.6. The van der Waals surface area contributed by atoms with Gasteiger partial charge in [-0.1, -0.05) is 25.1 Å². The van der Waals surface area contributed by atoms with Gasteiger partial charge in [-0.05, 0) is 42.3 Å². The van der Waals surface area contributed by atoms with Crippen molar-refractivity contribution in [1.29, 1.82) is 0 Å². The summed E-state index contributed by atoms with van der Waals surface area (Å²) in [5.41, 5.74) is -1.40. The number of aryl methyl sites for hydroxylation is 1. The third-order valence-corrected chi connectivity index (χ3v) is 6.87. The fraction of sp³-hybridized carbons (Fsp3) is 0.385. The van der Waals surface area contributed by atoms with E-state index in [2.05, 4.69) is 9.97 Å². The highest BCUT2D eigenvalue weighted by Crippen LogP contribution is 2.38. The molecule has 0 spiro atoms. The summed E-state index contributed by atoms with van der Waals surface area (Å²) in [6.45, 7) is 4.60. The molecule has 3 aromatic rings. The first-order valence-corrected chi connectivity index (χ1v) is 12.1. The van der Waals surface area contributed by atoms with Crippen molar-refractivity contribution in [3.63, 3.8) is 0 Å². The zero-order valence-corrected chi connectivity index (χ0v) is 21.9. The summed E-state index contributed by atoms with van der Waals surface area (Å²) < 4.78 is 48.6. The third kappa shape index (κ3) is 5.41. The van der Waals surface area contributed by atoms with Gasteiger partial charge in [0, 0.05) is 25.1 Å². The van der Waals surface area contributed by atoms with Crippen molar-refractivity contribution in [1.82, 2.24) is 19.4 Å². The minimum absolute atomic E-state index is 0.0703. The molecule has 0 fully saturated rings. The molecule has 1 amide bonds. The van der Waals surface area contributed by atoms with Gasteiger partial charge in [-0.3, -0.25) is 14.2 Å². The first-order chi connectivity index (χ1) is 18.1. The molecular weight excluding hydrogens is 506 g/mol. The number of hydrogen-bond donors (Lipinski definition) is 0. The standard InChI is InChI=1S/C26H24B3F3N4O3/c1-13(16-6-5-7-17(21(16)30)22(31)32)8-20-18-9-19(24(38)35(4)23(18)34-12-33-20)25(39-26(27,28)29)10-14(2)36(11-25)15(3)37/h5-7,9-10,12-13,22H,8,11H2,1-4H3/t13-,25?/m0/s1. The summed E-state index contributed by atoms with van der Waals surface area (Å²) in [4.78, 5) is 35.9. The molecule has 2 aromatic heterocycles. The summed E-state index contributed by atoms with van der Waals surface area (Å²) in [6, 6.07) is 5.40. The number of alkyl halides is 2. The van der Waals surface area contributed by atoms with Crippen LogP contribution in [0.4, 0.5) is 13.2 Å². The predicted molar refractivity (Wildman–Crippen MR) is 142 cm³/mol. The Kier molecular flexibility index (Phi) is 7.59. The SMILES string of the molecule is [B]C([B])([B])OC1(c2cc3c(C[C@H](C)c4cccc(C(F)F)c4F)ncnc3n(C)c2=O)C=C(C)N(C(C)=O)C1. The van der Waals surface area contributed by atoms with E-state index in [1.54, 1.807) is 19.9 Å². The third-order valence-electron chi connectivity index (χ3n) is 6.87. The molecule has 1 aromatic carbocycles. The van der Waals surface area contributed by atoms with Crippen LogP contribution in [-0.4, -0.2) is 60.7 Å². The van der Waals surface area contributed by atoms with E-state index in [-0.39, 0.29) is 35.6 Å². The summed E-state index contributed by atoms with van der Waals surface area (Å²) in [7, 11) is 18.9. The molecule has 0 saturated carbocycles. The molecule has 3 heterocycles. The monoisotopic (exact) mass is 530 g/mol. The Morgan fingerprint density at radius 2 is 1.90 bits per heavy atom. The van der Waals surface area contributed by atoms with Crippen LogP contribution in [0.15, 0.2) is 47.2 Å². The van der Waals surface area contributed by atoms with Crippen molar-refractivity contribution in [2.24, 2.45) is 7.05 Å². The number of rotatable bonds is 7. The minimum Gasteiger partial charge on any atom is -0.385 e. The highest BCUT2D eigenvalue weighted by Gasteiger charge is 2.44. The van der Waals surface area contributed by atoms with Gasteiger partial charge in [0.15, 0.2) is 0 Å². The summed E-state index contributed by atoms with van der Waals surface area (Å²) >= 11 is 0. The summed E-state index contributed by atoms with van der Waals surface area (Å²) in [5, 5.41) is -1.74. The number of aromatic nitrogens is 3. The van der Waals surface area contributed by atoms with Gasteiger partial charge in [0.1, 0.15) is 23.4 Å². The van der Waals surface area contributed by atoms with E-state index in [9.17, 15) is 22.8 Å². The van der Waals surface area contributed by atoms with Gasteiger partial charge in [0.05, 0.1) is 46.9 Å². The molecule has 1 aliphatic heterocycles. The van der Waals surface area contributed by atoms with E-state index in [1.807, 2.05) is 0 Å². The highest BCUT2D eigenvalue weighted by molar-refractivity contribution is 6.58. The van der Waals surface area contributed by atoms with Crippen LogP contribution in [0, 0.1) is 5.82 Å². The quantitative estimate of drug-likeness (QED) is 0.440. The lowest BCUT2D eigenvalue weighted by Gasteiger charge is -2.37. The molecule has 6 radical (unpaired) electrons. The van der Waals surface area contributed by atoms with Crippen molar-refractivity contribution in [3.05, 3.63) is 80.9 Å². The van der Waals surface area contributed by atoms with E-state index >= 15 is 0 Å². The molecule has 196 valence electrons. The molecule has 39 heavy (non-hydrogen) atoms. The number of carbonyl (C=O) groups is 1. The van der Waals surface area contributed by atoms with E-state index < -0.39 is 40.2 Å². The van der Waals surface area contributed by atoms with Gasteiger partial charge < -0.3 is 9.64 Å². The topological polar surface area (TPSA) is 77.3 Å². The lowest BCUT2D eigenvalue weighted by Crippen LogP contribution is -2.49. The Labute approximate surface area is 227 Å². The number of pyridine rings is 1. The Hall–Kier alpha value is -3.34. The highest BCUT2D eigenvalue weighted by atomic mass is 19.3. The molecule has 0 N–H and O–H groups in total. The lowest BCUT2D eigenvalue weighted by molar-refractivity contribution is -0.129. The second-order valence-corrected chi connectivity index (χ2v) is 9.87. The molecule has 0 saturated heterocycles. The Morgan fingerprint density at radius 1 is 1.23 bits per heavy atom. The van der Waals surface area contributed by atoms with E-state index in [0.717, 1.165) is 6.07 Å². The van der Waals surface area contributed by atoms with Gasteiger partial charge in [-0.15, -0.1) is 0 Å². The fourth-order valence-corrected chi connectivity index (χ4v) is 5.08. The van der Waals surface area contributed by atoms with Crippen LogP contribution in [0.1, 0.15) is 55.5 Å². The second kappa shape index (κ2) is 10.3. The number of nitrogens with zero attached hydrogens (tertiary/aromatic N) is 4. The summed E-state index contributed by atoms with van der Waals surface area (Å²) in [6.07, 6.45) is -0.00134. The van der Waals surface area contributed by atoms with Crippen molar-refractivity contribution in [3.8, 4) is 0 Å². The number of halogens is 3. The van der Waals surface area contributed by atoms with Gasteiger partial charge in [0.2, 0.25) is 5.91 Å². The number of hydrogen-bond acceptors (Lipinski definition) is 5. The minimum atomic E-state index is -2.96. The van der Waals surface area contributed by atoms with Crippen LogP contribution in [0.3, 0.4) is 0 Å². The van der Waals surface area contributed by atoms with Crippen LogP contribution in [0.5, 0.6) is 0 Å². The maximum Gasteiger partial charge on any atom is 0.266 e. The average Bonchev–Trinajstić information content (AvgIpc) is 3.16. The first kappa shape index (κ1) is 28.7. The number of benzene rings is 1. The van der Waals surface area contributed by atoms with Crippen molar-refractivity contribution >= 4 is 40.5 Å². The van der Waals surface area contributed by atoms with Crippen LogP contribution in [0.25, 0.3) is 11.0 Å². The Bertz CT molecular complexity index is 1540. The Morgan fingerprint density at radius 3 is 2.49 bits per heavy atom. The molecule has 1 aliphatic rings. The predicted octanol–water partition coefficient (Wildman–Crippen LogP) is 2.85. The maximum absolute atomic E-state index is 14.9. The largest absolute Gasteiger partial charge is 0.385 e. The smallest absolute Gasteiger partial charge is 0.266 e. The molecule has 0 aliphatic carbocycles. The van der Waals surface area contributed by atoms with E-state index in [1.165, 1.54) is 48.0 Å². The lowest BCUT2D eigenvalue weighted by atomic mass is 9.52. The number of fused-ring (bicyclic) bond motifs is 1. The number of ether oxygens (including phenoxy) is 1. The average molecular weight is 530 g/mol. The molecule has 0 bridgehead atoms. The zero-order valence-electron chi connectivity index (χ0n) is 21.9. The van der Waals surface area contributed by atoms with Gasteiger partial charge in [0.25, 0.3) is 12.0 Å². The number of amides is 1. The van der Waals surface area contributed by atoms with Gasteiger partial charge in [-0.25, -0.2) is 23.1 Å². The second-order valence-electron chi connectivity index (χ2n) is 9.87. The van der Waals surface area contributed by atoms with Gasteiger partial charge >= 0.3 is 0 Å². The van der Waals surface area contributed by atoms with Crippen LogP contribution in [-0.2, 0) is 28.6 Å². The van der Waals surface area contributed by atoms with Crippen molar-refractivity contribution in [2.75, 3.05) is 6.54 Å². The molecule has 7 nitrogen and oxygen atoms in total. The van der Waals surface area contributed by atoms with E-state index in [0.29, 0.717) is 16.8 Å². The Balaban J connectivity index is 1.88. The first-order valence-electron chi connectivity index (χ1n) is 12.1. The molecule has 13 heteroatoms. The molecular formula is C26H24B3F3N4O3. The van der Waals surface area contributed by atoms with Gasteiger partial charge in [-0.2, -0.15) is 0 Å². The number of allylic oxidation sites excluding steroid dienone is 1. The molecule has 4 rings (SSSR count). The molecule has 1 unspecified atom stereocenters. The zero-order chi connectivity index (χ0) is 28.9. The molecule has 2 atom stereocenters. The van der Waals surface area contributed by atoms with Crippen molar-refractivity contribution < 1.29 is 22.7 Å². The maximum atomic E-state index is 14.9. The fourth-order valence-electron chi connectivity index (χ4n) is 5.08. The van der Waals surface area contributed by atoms with Crippen LogP contribution >= 0.6 is 0 Å². The van der Waals surface area contributed by atoms with Crippen molar-refractivity contribution in [2.45, 2.75) is 50.4 Å². The van der Waals surface area contributed by atoms with Crippen LogP contribution in [0.2, 0.25) is 0 Å².